The number of nitrogens with one attached hydrogen (secondary N) is 2. The van der Waals surface area contributed by atoms with E-state index in [0.717, 1.165) is 39.0 Å². The van der Waals surface area contributed by atoms with Gasteiger partial charge in [0.05, 0.1) is 6.54 Å². The first-order chi connectivity index (χ1) is 8.61. The van der Waals surface area contributed by atoms with Gasteiger partial charge in [0.25, 0.3) is 0 Å². The van der Waals surface area contributed by atoms with E-state index in [1.165, 1.54) is 6.42 Å². The average molecular weight is 255 g/mol. The van der Waals surface area contributed by atoms with Crippen LogP contribution in [0.25, 0.3) is 0 Å². The summed E-state index contributed by atoms with van der Waals surface area (Å²) in [7, 11) is 0. The van der Waals surface area contributed by atoms with E-state index in [1.807, 2.05) is 0 Å². The lowest BCUT2D eigenvalue weighted by Crippen LogP contribution is -2.46. The fourth-order valence-electron chi connectivity index (χ4n) is 2.22. The van der Waals surface area contributed by atoms with Crippen LogP contribution in [0.15, 0.2) is 0 Å². The molecule has 1 aliphatic heterocycles. The van der Waals surface area contributed by atoms with Crippen LogP contribution in [0.3, 0.4) is 0 Å². The molecule has 0 radical (unpaired) electrons. The number of rotatable bonds is 7. The molecule has 0 saturated carbocycles. The molecule has 2 N–H and O–H groups in total. The Labute approximate surface area is 111 Å². The number of hydrogen-bond acceptors (Lipinski definition) is 3. The lowest BCUT2D eigenvalue weighted by Gasteiger charge is -2.32. The van der Waals surface area contributed by atoms with Crippen LogP contribution in [-0.4, -0.2) is 49.6 Å². The minimum absolute atomic E-state index is 0.170. The summed E-state index contributed by atoms with van der Waals surface area (Å²) in [6, 6.07) is 0.653. The lowest BCUT2D eigenvalue weighted by molar-refractivity contribution is -0.122. The summed E-state index contributed by atoms with van der Waals surface area (Å²) in [6.45, 7) is 11.0. The molecule has 0 atom stereocenters. The van der Waals surface area contributed by atoms with Crippen LogP contribution in [-0.2, 0) is 4.79 Å². The fraction of sp³-hybridized carbons (Fsp3) is 0.929. The van der Waals surface area contributed by atoms with E-state index in [2.05, 4.69) is 36.3 Å². The maximum Gasteiger partial charge on any atom is 0.234 e. The van der Waals surface area contributed by atoms with E-state index in [4.69, 9.17) is 0 Å². The number of carbonyl (C=O) groups is 1. The molecule has 0 aliphatic carbocycles. The van der Waals surface area contributed by atoms with Crippen molar-refractivity contribution in [2.24, 2.45) is 5.92 Å². The van der Waals surface area contributed by atoms with Crippen LogP contribution in [0.2, 0.25) is 0 Å². The Morgan fingerprint density at radius 3 is 2.56 bits per heavy atom. The highest BCUT2D eigenvalue weighted by molar-refractivity contribution is 5.78. The Hall–Kier alpha value is -0.610. The van der Waals surface area contributed by atoms with Crippen LogP contribution in [0.5, 0.6) is 0 Å². The van der Waals surface area contributed by atoms with Gasteiger partial charge in [-0.1, -0.05) is 20.8 Å². The number of hydrogen-bond donors (Lipinski definition) is 2. The summed E-state index contributed by atoms with van der Waals surface area (Å²) < 4.78 is 0. The molecule has 0 unspecified atom stereocenters. The molecule has 18 heavy (non-hydrogen) atoms. The van der Waals surface area contributed by atoms with Gasteiger partial charge >= 0.3 is 0 Å². The zero-order chi connectivity index (χ0) is 13.4. The van der Waals surface area contributed by atoms with Gasteiger partial charge in [0.2, 0.25) is 5.91 Å². The minimum Gasteiger partial charge on any atom is -0.355 e. The van der Waals surface area contributed by atoms with Gasteiger partial charge in [0.1, 0.15) is 0 Å². The van der Waals surface area contributed by atoms with E-state index in [9.17, 15) is 4.79 Å². The second-order valence-electron chi connectivity index (χ2n) is 5.70. The van der Waals surface area contributed by atoms with E-state index in [-0.39, 0.29) is 5.91 Å². The van der Waals surface area contributed by atoms with Gasteiger partial charge in [-0.2, -0.15) is 0 Å². The smallest absolute Gasteiger partial charge is 0.234 e. The van der Waals surface area contributed by atoms with E-state index < -0.39 is 0 Å². The minimum atomic E-state index is 0.170. The Kier molecular flexibility index (Phi) is 7.28. The molecular weight excluding hydrogens is 226 g/mol. The number of likely N-dealkylation sites (tertiary alicyclic amines) is 1. The van der Waals surface area contributed by atoms with Crippen LogP contribution < -0.4 is 10.6 Å². The first-order valence-electron chi connectivity index (χ1n) is 7.34. The predicted molar refractivity (Wildman–Crippen MR) is 75.6 cm³/mol. The van der Waals surface area contributed by atoms with Crippen molar-refractivity contribution < 1.29 is 4.79 Å². The summed E-state index contributed by atoms with van der Waals surface area (Å²) in [5, 5.41) is 6.54. The SMILES string of the molecule is CCCNC1CCN(CC(=O)NCC(C)C)CC1. The van der Waals surface area contributed by atoms with Crippen molar-refractivity contribution in [3.63, 3.8) is 0 Å². The Morgan fingerprint density at radius 2 is 2.00 bits per heavy atom. The number of amides is 1. The summed E-state index contributed by atoms with van der Waals surface area (Å²) in [6.07, 6.45) is 3.52. The van der Waals surface area contributed by atoms with Gasteiger partial charge in [0.15, 0.2) is 0 Å². The highest BCUT2D eigenvalue weighted by atomic mass is 16.2. The molecule has 4 nitrogen and oxygen atoms in total. The molecule has 0 spiro atoms. The molecule has 4 heteroatoms. The summed E-state index contributed by atoms with van der Waals surface area (Å²) in [4.78, 5) is 14.0. The summed E-state index contributed by atoms with van der Waals surface area (Å²) in [5.41, 5.74) is 0. The predicted octanol–water partition coefficient (Wildman–Crippen LogP) is 1.22. The molecule has 1 amide bonds. The lowest BCUT2D eigenvalue weighted by atomic mass is 10.0. The maximum atomic E-state index is 11.7. The van der Waals surface area contributed by atoms with Crippen molar-refractivity contribution in [3.05, 3.63) is 0 Å². The van der Waals surface area contributed by atoms with Crippen molar-refractivity contribution in [1.29, 1.82) is 0 Å². The summed E-state index contributed by atoms with van der Waals surface area (Å²) in [5.74, 6) is 0.696. The summed E-state index contributed by atoms with van der Waals surface area (Å²) >= 11 is 0. The van der Waals surface area contributed by atoms with Gasteiger partial charge in [0, 0.05) is 25.7 Å². The maximum absolute atomic E-state index is 11.7. The van der Waals surface area contributed by atoms with Crippen LogP contribution in [0.1, 0.15) is 40.0 Å². The molecule has 0 aromatic carbocycles. The molecule has 1 heterocycles. The molecule has 0 bridgehead atoms. The Morgan fingerprint density at radius 1 is 1.33 bits per heavy atom. The molecule has 0 aromatic heterocycles. The number of nitrogens with zero attached hydrogens (tertiary/aromatic N) is 1. The molecular formula is C14H29N3O. The van der Waals surface area contributed by atoms with Gasteiger partial charge in [-0.25, -0.2) is 0 Å². The average Bonchev–Trinajstić information content (AvgIpc) is 2.35. The van der Waals surface area contributed by atoms with Crippen LogP contribution in [0.4, 0.5) is 0 Å². The third kappa shape index (κ3) is 6.36. The van der Waals surface area contributed by atoms with Crippen molar-refractivity contribution in [1.82, 2.24) is 15.5 Å². The molecule has 106 valence electrons. The number of carbonyl (C=O) groups excluding carboxylic acids is 1. The molecule has 0 aromatic rings. The third-order valence-corrected chi connectivity index (χ3v) is 3.35. The van der Waals surface area contributed by atoms with Crippen LogP contribution >= 0.6 is 0 Å². The first-order valence-corrected chi connectivity index (χ1v) is 7.34. The first kappa shape index (κ1) is 15.4. The second-order valence-corrected chi connectivity index (χ2v) is 5.70. The molecule has 1 fully saturated rings. The van der Waals surface area contributed by atoms with Crippen LogP contribution in [0, 0.1) is 5.92 Å². The quantitative estimate of drug-likeness (QED) is 0.719. The van der Waals surface area contributed by atoms with Crippen molar-refractivity contribution in [2.45, 2.75) is 46.1 Å². The normalized spacial score (nSPS) is 18.2. The van der Waals surface area contributed by atoms with Crippen molar-refractivity contribution >= 4 is 5.91 Å². The van der Waals surface area contributed by atoms with Gasteiger partial charge in [-0.05, 0) is 31.7 Å². The van der Waals surface area contributed by atoms with E-state index in [1.54, 1.807) is 0 Å². The number of piperidine rings is 1. The standard InChI is InChI=1S/C14H29N3O/c1-4-7-15-13-5-8-17(9-6-13)11-14(18)16-10-12(2)3/h12-13,15H,4-11H2,1-3H3,(H,16,18). The highest BCUT2D eigenvalue weighted by Crippen LogP contribution is 2.09. The van der Waals surface area contributed by atoms with Crippen molar-refractivity contribution in [3.8, 4) is 0 Å². The second kappa shape index (κ2) is 8.48. The zero-order valence-corrected chi connectivity index (χ0v) is 12.2. The largest absolute Gasteiger partial charge is 0.355 e. The topological polar surface area (TPSA) is 44.4 Å². The Balaban J connectivity index is 2.13. The van der Waals surface area contributed by atoms with Gasteiger partial charge < -0.3 is 10.6 Å². The third-order valence-electron chi connectivity index (χ3n) is 3.35. The van der Waals surface area contributed by atoms with Gasteiger partial charge in [-0.15, -0.1) is 0 Å². The van der Waals surface area contributed by atoms with Gasteiger partial charge in [-0.3, -0.25) is 9.69 Å². The zero-order valence-electron chi connectivity index (χ0n) is 12.2. The highest BCUT2D eigenvalue weighted by Gasteiger charge is 2.19. The molecule has 1 saturated heterocycles. The Bertz CT molecular complexity index is 235. The van der Waals surface area contributed by atoms with E-state index in [0.29, 0.717) is 18.5 Å². The molecule has 1 rings (SSSR count). The fourth-order valence-corrected chi connectivity index (χ4v) is 2.22. The van der Waals surface area contributed by atoms with Crippen molar-refractivity contribution in [2.75, 3.05) is 32.7 Å². The van der Waals surface area contributed by atoms with E-state index >= 15 is 0 Å². The monoisotopic (exact) mass is 255 g/mol. The molecule has 1 aliphatic rings.